The van der Waals surface area contributed by atoms with Crippen LogP contribution in [0.2, 0.25) is 0 Å². The van der Waals surface area contributed by atoms with E-state index < -0.39 is 0 Å². The summed E-state index contributed by atoms with van der Waals surface area (Å²) in [5.41, 5.74) is 8.55. The summed E-state index contributed by atoms with van der Waals surface area (Å²) in [5, 5.41) is 1.67. The molecule has 1 unspecified atom stereocenters. The SMILES string of the molecule is C=C(/C=C\C(=C/N)CC)CCOc1ccc(CC2SC(=O)NC2=O)cc1. The van der Waals surface area contributed by atoms with E-state index in [9.17, 15) is 9.59 Å². The molecule has 0 aromatic heterocycles. The number of thioether (sulfide) groups is 1. The number of nitrogens with two attached hydrogens (primary N) is 1. The highest BCUT2D eigenvalue weighted by Crippen LogP contribution is 2.24. The van der Waals surface area contributed by atoms with Crippen LogP contribution >= 0.6 is 11.8 Å². The van der Waals surface area contributed by atoms with Gasteiger partial charge in [0.05, 0.1) is 11.9 Å². The summed E-state index contributed by atoms with van der Waals surface area (Å²) in [6.07, 6.45) is 7.67. The normalized spacial score (nSPS) is 17.6. The molecule has 1 saturated heterocycles. The summed E-state index contributed by atoms with van der Waals surface area (Å²) in [6, 6.07) is 7.58. The van der Waals surface area contributed by atoms with Crippen LogP contribution in [0.3, 0.4) is 0 Å². The molecule has 138 valence electrons. The molecule has 3 N–H and O–H groups in total. The molecule has 1 fully saturated rings. The lowest BCUT2D eigenvalue weighted by atomic mass is 10.1. The highest BCUT2D eigenvalue weighted by atomic mass is 32.2. The molecule has 0 radical (unpaired) electrons. The van der Waals surface area contributed by atoms with E-state index >= 15 is 0 Å². The van der Waals surface area contributed by atoms with Crippen LogP contribution in [-0.2, 0) is 11.2 Å². The highest BCUT2D eigenvalue weighted by molar-refractivity contribution is 8.15. The number of nitrogens with one attached hydrogen (secondary N) is 1. The van der Waals surface area contributed by atoms with Crippen LogP contribution in [0.5, 0.6) is 5.75 Å². The Morgan fingerprint density at radius 2 is 2.04 bits per heavy atom. The Morgan fingerprint density at radius 3 is 2.62 bits per heavy atom. The summed E-state index contributed by atoms with van der Waals surface area (Å²) in [4.78, 5) is 22.8. The minimum Gasteiger partial charge on any atom is -0.493 e. The first kappa shape index (κ1) is 19.8. The predicted molar refractivity (Wildman–Crippen MR) is 106 cm³/mol. The first-order chi connectivity index (χ1) is 12.5. The van der Waals surface area contributed by atoms with Gasteiger partial charge in [-0.25, -0.2) is 0 Å². The van der Waals surface area contributed by atoms with Gasteiger partial charge in [0, 0.05) is 6.42 Å². The number of carbonyl (C=O) groups is 2. The molecule has 0 spiro atoms. The maximum absolute atomic E-state index is 11.6. The van der Waals surface area contributed by atoms with Crippen LogP contribution in [-0.4, -0.2) is 23.0 Å². The molecular weight excluding hydrogens is 348 g/mol. The molecule has 1 aromatic carbocycles. The van der Waals surface area contributed by atoms with Crippen molar-refractivity contribution in [2.45, 2.75) is 31.4 Å². The van der Waals surface area contributed by atoms with Crippen molar-refractivity contribution in [1.29, 1.82) is 0 Å². The molecule has 2 amide bonds. The summed E-state index contributed by atoms with van der Waals surface area (Å²) in [6.45, 7) is 6.59. The topological polar surface area (TPSA) is 81.4 Å². The van der Waals surface area contributed by atoms with Gasteiger partial charge in [0.1, 0.15) is 5.75 Å². The third-order valence-electron chi connectivity index (χ3n) is 3.96. The molecule has 0 bridgehead atoms. The third-order valence-corrected chi connectivity index (χ3v) is 4.94. The van der Waals surface area contributed by atoms with Gasteiger partial charge in [-0.15, -0.1) is 0 Å². The van der Waals surface area contributed by atoms with Gasteiger partial charge < -0.3 is 10.5 Å². The van der Waals surface area contributed by atoms with Gasteiger partial charge in [0.25, 0.3) is 5.24 Å². The van der Waals surface area contributed by atoms with Crippen molar-refractivity contribution in [3.63, 3.8) is 0 Å². The van der Waals surface area contributed by atoms with Crippen LogP contribution in [0.25, 0.3) is 0 Å². The van der Waals surface area contributed by atoms with Crippen LogP contribution in [0, 0.1) is 0 Å². The molecule has 2 rings (SSSR count). The molecule has 1 aliphatic heterocycles. The van der Waals surface area contributed by atoms with E-state index in [1.54, 1.807) is 6.20 Å². The van der Waals surface area contributed by atoms with E-state index in [4.69, 9.17) is 10.5 Å². The van der Waals surface area contributed by atoms with E-state index in [1.807, 2.05) is 43.3 Å². The number of allylic oxidation sites excluding steroid dienone is 3. The van der Waals surface area contributed by atoms with E-state index in [-0.39, 0.29) is 16.4 Å². The predicted octanol–water partition coefficient (Wildman–Crippen LogP) is 3.71. The van der Waals surface area contributed by atoms with Crippen molar-refractivity contribution in [2.75, 3.05) is 6.61 Å². The highest BCUT2D eigenvalue weighted by Gasteiger charge is 2.31. The second-order valence-corrected chi connectivity index (χ2v) is 7.09. The smallest absolute Gasteiger partial charge is 0.286 e. The molecule has 1 atom stereocenters. The average molecular weight is 372 g/mol. The Balaban J connectivity index is 1.76. The summed E-state index contributed by atoms with van der Waals surface area (Å²) in [7, 11) is 0. The van der Waals surface area contributed by atoms with Crippen molar-refractivity contribution >= 4 is 22.9 Å². The summed E-state index contributed by atoms with van der Waals surface area (Å²) in [5.74, 6) is 0.545. The fraction of sp³-hybridized carbons (Fsp3) is 0.300. The van der Waals surface area contributed by atoms with E-state index in [0.29, 0.717) is 13.0 Å². The largest absolute Gasteiger partial charge is 0.493 e. The van der Waals surface area contributed by atoms with Gasteiger partial charge in [-0.05, 0) is 42.3 Å². The summed E-state index contributed by atoms with van der Waals surface area (Å²) < 4.78 is 5.73. The molecule has 0 saturated carbocycles. The van der Waals surface area contributed by atoms with Gasteiger partial charge >= 0.3 is 0 Å². The van der Waals surface area contributed by atoms with E-state index in [1.165, 1.54) is 0 Å². The average Bonchev–Trinajstić information content (AvgIpc) is 2.94. The fourth-order valence-corrected chi connectivity index (χ4v) is 3.22. The molecule has 6 heteroatoms. The number of rotatable bonds is 9. The summed E-state index contributed by atoms with van der Waals surface area (Å²) >= 11 is 1.04. The molecule has 0 aliphatic carbocycles. The van der Waals surface area contributed by atoms with Crippen molar-refractivity contribution in [3.05, 3.63) is 65.9 Å². The number of ether oxygens (including phenoxy) is 1. The van der Waals surface area contributed by atoms with Gasteiger partial charge in [0.15, 0.2) is 0 Å². The molecule has 1 aromatic rings. The molecule has 5 nitrogen and oxygen atoms in total. The van der Waals surface area contributed by atoms with Gasteiger partial charge in [0.2, 0.25) is 5.91 Å². The van der Waals surface area contributed by atoms with Crippen LogP contribution in [0.15, 0.2) is 60.3 Å². The maximum Gasteiger partial charge on any atom is 0.286 e. The standard InChI is InChI=1S/C20H24N2O3S/c1-3-15(13-21)5-4-14(2)10-11-25-17-8-6-16(7-9-17)12-18-19(23)22-20(24)26-18/h4-9,13,18H,2-3,10-12,21H2,1H3,(H,22,23,24)/b5-4-,15-13-. The van der Waals surface area contributed by atoms with E-state index in [0.717, 1.165) is 47.1 Å². The Morgan fingerprint density at radius 1 is 1.31 bits per heavy atom. The lowest BCUT2D eigenvalue weighted by Gasteiger charge is -2.09. The second kappa shape index (κ2) is 9.87. The zero-order valence-electron chi connectivity index (χ0n) is 14.9. The first-order valence-corrected chi connectivity index (χ1v) is 9.39. The Hall–Kier alpha value is -2.47. The minimum absolute atomic E-state index is 0.220. The van der Waals surface area contributed by atoms with Gasteiger partial charge in [-0.3, -0.25) is 14.9 Å². The van der Waals surface area contributed by atoms with Crippen LogP contribution in [0.1, 0.15) is 25.3 Å². The zero-order chi connectivity index (χ0) is 18.9. The third kappa shape index (κ3) is 6.11. The van der Waals surface area contributed by atoms with Gasteiger partial charge in [-0.2, -0.15) is 0 Å². The molecule has 26 heavy (non-hydrogen) atoms. The maximum atomic E-state index is 11.6. The minimum atomic E-state index is -0.347. The molecule has 1 aliphatic rings. The van der Waals surface area contributed by atoms with Crippen molar-refractivity contribution in [2.24, 2.45) is 5.73 Å². The molecule has 1 heterocycles. The number of benzene rings is 1. The van der Waals surface area contributed by atoms with Gasteiger partial charge in [-0.1, -0.05) is 55.1 Å². The lowest BCUT2D eigenvalue weighted by molar-refractivity contribution is -0.118. The number of hydrogen-bond donors (Lipinski definition) is 2. The monoisotopic (exact) mass is 372 g/mol. The Labute approximate surface area is 158 Å². The van der Waals surface area contributed by atoms with E-state index in [2.05, 4.69) is 11.9 Å². The Kier molecular flexibility index (Phi) is 7.53. The van der Waals surface area contributed by atoms with Crippen LogP contribution in [0.4, 0.5) is 4.79 Å². The van der Waals surface area contributed by atoms with Crippen LogP contribution < -0.4 is 15.8 Å². The Bertz CT molecular complexity index is 723. The second-order valence-electron chi connectivity index (χ2n) is 5.92. The zero-order valence-corrected chi connectivity index (χ0v) is 15.7. The van der Waals surface area contributed by atoms with Crippen molar-refractivity contribution < 1.29 is 14.3 Å². The fourth-order valence-electron chi connectivity index (χ4n) is 2.36. The molecular formula is C20H24N2O3S. The number of carbonyl (C=O) groups excluding carboxylic acids is 2. The number of imide groups is 1. The van der Waals surface area contributed by atoms with Crippen molar-refractivity contribution in [1.82, 2.24) is 5.32 Å². The number of amides is 2. The first-order valence-electron chi connectivity index (χ1n) is 8.51. The lowest BCUT2D eigenvalue weighted by Crippen LogP contribution is -2.25. The quantitative estimate of drug-likeness (QED) is 0.646. The number of hydrogen-bond acceptors (Lipinski definition) is 5. The van der Waals surface area contributed by atoms with Crippen molar-refractivity contribution in [3.8, 4) is 5.75 Å².